The number of aliphatic hydroxyl groups is 6. The van der Waals surface area contributed by atoms with Crippen molar-refractivity contribution in [3.05, 3.63) is 0 Å². The molecule has 0 aromatic heterocycles. The van der Waals surface area contributed by atoms with E-state index in [0.29, 0.717) is 0 Å². The Kier molecular flexibility index (Phi) is 4.64. The van der Waals surface area contributed by atoms with Gasteiger partial charge in [0.15, 0.2) is 12.1 Å². The number of hydrogen-bond donors (Lipinski definition) is 6. The molecule has 0 aromatic rings. The zero-order chi connectivity index (χ0) is 15.1. The van der Waals surface area contributed by atoms with Crippen LogP contribution in [-0.2, 0) is 14.2 Å². The summed E-state index contributed by atoms with van der Waals surface area (Å²) in [5, 5.41) is 57.2. The largest absolute Gasteiger partial charge is 0.394 e. The summed E-state index contributed by atoms with van der Waals surface area (Å²) in [5.74, 6) is -1.73. The first kappa shape index (κ1) is 16.0. The second kappa shape index (κ2) is 5.79. The smallest absolute Gasteiger partial charge is 0.197 e. The minimum Gasteiger partial charge on any atom is -0.394 e. The van der Waals surface area contributed by atoms with E-state index in [-0.39, 0.29) is 6.61 Å². The zero-order valence-corrected chi connectivity index (χ0v) is 10.9. The lowest BCUT2D eigenvalue weighted by atomic mass is 9.98. The van der Waals surface area contributed by atoms with E-state index in [1.54, 1.807) is 0 Å². The fraction of sp³-hybridized carbons (Fsp3) is 1.00. The van der Waals surface area contributed by atoms with Gasteiger partial charge in [-0.2, -0.15) is 0 Å². The fourth-order valence-corrected chi connectivity index (χ4v) is 2.25. The maximum atomic E-state index is 9.89. The Labute approximate surface area is 114 Å². The van der Waals surface area contributed by atoms with Crippen LogP contribution >= 0.6 is 0 Å². The number of ether oxygens (including phenoxy) is 3. The SMILES string of the molecule is C[C@@]1(OC2O[C@H](CO)[C@H](O)[C@H]2O)OC[C@@H](O)[C@H](O)[C@H]1O. The molecule has 2 saturated heterocycles. The van der Waals surface area contributed by atoms with Crippen LogP contribution in [0.4, 0.5) is 0 Å². The average molecular weight is 296 g/mol. The van der Waals surface area contributed by atoms with Crippen LogP contribution in [0.15, 0.2) is 0 Å². The Morgan fingerprint density at radius 1 is 1.10 bits per heavy atom. The van der Waals surface area contributed by atoms with Crippen LogP contribution in [0.3, 0.4) is 0 Å². The second-order valence-corrected chi connectivity index (χ2v) is 5.15. The van der Waals surface area contributed by atoms with E-state index in [1.807, 2.05) is 0 Å². The second-order valence-electron chi connectivity index (χ2n) is 5.15. The lowest BCUT2D eigenvalue weighted by molar-refractivity contribution is -0.374. The van der Waals surface area contributed by atoms with Crippen LogP contribution < -0.4 is 0 Å². The summed E-state index contributed by atoms with van der Waals surface area (Å²) in [6.07, 6.45) is -9.46. The van der Waals surface area contributed by atoms with Gasteiger partial charge in [-0.15, -0.1) is 0 Å². The van der Waals surface area contributed by atoms with Crippen molar-refractivity contribution in [2.45, 2.75) is 55.6 Å². The van der Waals surface area contributed by atoms with Crippen molar-refractivity contribution in [1.29, 1.82) is 0 Å². The molecular formula is C11H20O9. The molecule has 118 valence electrons. The summed E-state index contributed by atoms with van der Waals surface area (Å²) in [5.41, 5.74) is 0. The molecule has 0 amide bonds. The van der Waals surface area contributed by atoms with Crippen molar-refractivity contribution in [3.63, 3.8) is 0 Å². The van der Waals surface area contributed by atoms with Gasteiger partial charge in [-0.1, -0.05) is 0 Å². The third-order valence-corrected chi connectivity index (χ3v) is 3.64. The summed E-state index contributed by atoms with van der Waals surface area (Å²) in [6.45, 7) is 0.518. The van der Waals surface area contributed by atoms with Crippen molar-refractivity contribution in [1.82, 2.24) is 0 Å². The minimum atomic E-state index is -1.73. The summed E-state index contributed by atoms with van der Waals surface area (Å²) in [6, 6.07) is 0. The maximum Gasteiger partial charge on any atom is 0.197 e. The lowest BCUT2D eigenvalue weighted by Crippen LogP contribution is -2.62. The molecule has 0 spiro atoms. The van der Waals surface area contributed by atoms with Crippen molar-refractivity contribution < 1.29 is 44.8 Å². The van der Waals surface area contributed by atoms with E-state index in [4.69, 9.17) is 19.3 Å². The third-order valence-electron chi connectivity index (χ3n) is 3.64. The van der Waals surface area contributed by atoms with E-state index in [1.165, 1.54) is 6.92 Å². The lowest BCUT2D eigenvalue weighted by Gasteiger charge is -2.43. The van der Waals surface area contributed by atoms with Gasteiger partial charge in [0.25, 0.3) is 0 Å². The molecule has 2 aliphatic rings. The van der Waals surface area contributed by atoms with E-state index in [0.717, 1.165) is 0 Å². The minimum absolute atomic E-state index is 0.274. The van der Waals surface area contributed by atoms with E-state index in [9.17, 15) is 25.5 Å². The summed E-state index contributed by atoms with van der Waals surface area (Å²) in [7, 11) is 0. The van der Waals surface area contributed by atoms with Gasteiger partial charge in [-0.05, 0) is 6.92 Å². The van der Waals surface area contributed by atoms with Crippen LogP contribution in [0.5, 0.6) is 0 Å². The summed E-state index contributed by atoms with van der Waals surface area (Å²) >= 11 is 0. The van der Waals surface area contributed by atoms with Crippen molar-refractivity contribution in [2.24, 2.45) is 0 Å². The van der Waals surface area contributed by atoms with E-state index < -0.39 is 55.3 Å². The normalized spacial score (nSPS) is 53.2. The number of hydrogen-bond acceptors (Lipinski definition) is 9. The van der Waals surface area contributed by atoms with Crippen LogP contribution in [0, 0.1) is 0 Å². The highest BCUT2D eigenvalue weighted by Crippen LogP contribution is 2.32. The molecule has 0 aromatic carbocycles. The van der Waals surface area contributed by atoms with Gasteiger partial charge >= 0.3 is 0 Å². The van der Waals surface area contributed by atoms with Crippen molar-refractivity contribution in [3.8, 4) is 0 Å². The molecule has 6 N–H and O–H groups in total. The van der Waals surface area contributed by atoms with Gasteiger partial charge in [-0.25, -0.2) is 0 Å². The molecule has 0 saturated carbocycles. The third kappa shape index (κ3) is 2.69. The van der Waals surface area contributed by atoms with Gasteiger partial charge in [0, 0.05) is 0 Å². The monoisotopic (exact) mass is 296 g/mol. The predicted molar refractivity (Wildman–Crippen MR) is 61.2 cm³/mol. The Morgan fingerprint density at radius 2 is 1.75 bits per heavy atom. The highest BCUT2D eigenvalue weighted by molar-refractivity contribution is 4.93. The Balaban J connectivity index is 2.05. The molecule has 1 unspecified atom stereocenters. The topological polar surface area (TPSA) is 149 Å². The first-order chi connectivity index (χ1) is 9.30. The highest BCUT2D eigenvalue weighted by Gasteiger charge is 2.52. The Hall–Kier alpha value is -0.360. The average Bonchev–Trinajstić information content (AvgIpc) is 2.69. The maximum absolute atomic E-state index is 9.89. The van der Waals surface area contributed by atoms with Crippen LogP contribution in [-0.4, -0.2) is 92.6 Å². The van der Waals surface area contributed by atoms with Gasteiger partial charge in [0.1, 0.15) is 36.6 Å². The molecule has 2 aliphatic heterocycles. The highest BCUT2D eigenvalue weighted by atomic mass is 16.8. The summed E-state index contributed by atoms with van der Waals surface area (Å²) in [4.78, 5) is 0. The molecule has 2 rings (SSSR count). The fourth-order valence-electron chi connectivity index (χ4n) is 2.25. The molecule has 0 bridgehead atoms. The summed E-state index contributed by atoms with van der Waals surface area (Å²) < 4.78 is 15.6. The molecule has 2 fully saturated rings. The Bertz CT molecular complexity index is 340. The van der Waals surface area contributed by atoms with Crippen LogP contribution in [0.25, 0.3) is 0 Å². The van der Waals surface area contributed by atoms with Crippen LogP contribution in [0.2, 0.25) is 0 Å². The van der Waals surface area contributed by atoms with E-state index in [2.05, 4.69) is 0 Å². The molecular weight excluding hydrogens is 276 g/mol. The number of rotatable bonds is 3. The molecule has 9 nitrogen and oxygen atoms in total. The standard InChI is InChI=1S/C11H20O9/c1-11(9(17)6(14)4(13)3-18-11)20-10-8(16)7(15)5(2-12)19-10/h4-10,12-17H,2-3H2,1H3/t4-,5-,6+,7+,8-,9-,10?,11+/m1/s1. The zero-order valence-electron chi connectivity index (χ0n) is 10.9. The molecule has 8 atom stereocenters. The van der Waals surface area contributed by atoms with Gasteiger partial charge in [0.2, 0.25) is 0 Å². The molecule has 2 heterocycles. The predicted octanol–water partition coefficient (Wildman–Crippen LogP) is -3.73. The van der Waals surface area contributed by atoms with E-state index >= 15 is 0 Å². The first-order valence-corrected chi connectivity index (χ1v) is 6.28. The molecule has 9 heteroatoms. The van der Waals surface area contributed by atoms with Gasteiger partial charge in [-0.3, -0.25) is 0 Å². The van der Waals surface area contributed by atoms with Crippen molar-refractivity contribution >= 4 is 0 Å². The molecule has 20 heavy (non-hydrogen) atoms. The molecule has 0 radical (unpaired) electrons. The quantitative estimate of drug-likeness (QED) is 0.309. The van der Waals surface area contributed by atoms with Gasteiger partial charge in [0.05, 0.1) is 13.2 Å². The van der Waals surface area contributed by atoms with Gasteiger partial charge < -0.3 is 44.8 Å². The van der Waals surface area contributed by atoms with Crippen LogP contribution in [0.1, 0.15) is 6.92 Å². The Morgan fingerprint density at radius 3 is 2.30 bits per heavy atom. The first-order valence-electron chi connectivity index (χ1n) is 6.28. The van der Waals surface area contributed by atoms with Crippen molar-refractivity contribution in [2.75, 3.05) is 13.2 Å². The number of aliphatic hydroxyl groups excluding tert-OH is 6. The molecule has 0 aliphatic carbocycles.